The van der Waals surface area contributed by atoms with Crippen molar-refractivity contribution < 1.29 is 9.16 Å². The number of ether oxygens (including phenoxy) is 1. The summed E-state index contributed by atoms with van der Waals surface area (Å²) in [5.74, 6) is 0. The summed E-state index contributed by atoms with van der Waals surface area (Å²) >= 11 is 0. The molecule has 0 aromatic rings. The first-order valence-corrected chi connectivity index (χ1v) is 20.5. The van der Waals surface area contributed by atoms with Crippen LogP contribution in [0.15, 0.2) is 0 Å². The smallest absolute Gasteiger partial charge is 0.192 e. The zero-order valence-corrected chi connectivity index (χ0v) is 24.7. The molecule has 0 saturated carbocycles. The zero-order chi connectivity index (χ0) is 22.4. The summed E-state index contributed by atoms with van der Waals surface area (Å²) < 4.78 is 15.5. The summed E-state index contributed by atoms with van der Waals surface area (Å²) in [5.41, 5.74) is 0. The molecule has 6 heteroatoms. The lowest BCUT2D eigenvalue weighted by molar-refractivity contribution is 0.0935. The van der Waals surface area contributed by atoms with Crippen molar-refractivity contribution >= 4 is 24.8 Å². The van der Waals surface area contributed by atoms with Crippen LogP contribution >= 0.6 is 0 Å². The first-order chi connectivity index (χ1) is 13.9. The quantitative estimate of drug-likeness (QED) is 0.145. The van der Waals surface area contributed by atoms with E-state index in [1.807, 2.05) is 0 Å². The fourth-order valence-corrected chi connectivity index (χ4v) is 21.5. The second-order valence-corrected chi connectivity index (χ2v) is 24.2. The van der Waals surface area contributed by atoms with Crippen LogP contribution in [0, 0.1) is 0 Å². The molecule has 0 aromatic carbocycles. The third kappa shape index (κ3) is 7.86. The summed E-state index contributed by atoms with van der Waals surface area (Å²) in [7, 11) is -4.14. The molecule has 0 unspecified atom stereocenters. The highest BCUT2D eigenvalue weighted by Gasteiger charge is 2.45. The van der Waals surface area contributed by atoms with E-state index in [0.29, 0.717) is 0 Å². The molecule has 3 nitrogen and oxygen atoms in total. The van der Waals surface area contributed by atoms with Crippen LogP contribution in [-0.4, -0.2) is 55.4 Å². The van der Waals surface area contributed by atoms with Crippen LogP contribution in [0.5, 0.6) is 0 Å². The third-order valence-electron chi connectivity index (χ3n) is 8.33. The standard InChI is InChI=1S/C23H55NO2Si3/c1-10-27(11-2,12-3)24(28(13-4,14-5)15-6)20-19-21-25-22-23-26-29(16-7,17-8)18-9/h10-23H2,1-9H3. The summed E-state index contributed by atoms with van der Waals surface area (Å²) in [6.07, 6.45) is 1.18. The molecular formula is C23H55NO2Si3. The van der Waals surface area contributed by atoms with E-state index < -0.39 is 24.8 Å². The Balaban J connectivity index is 4.81. The van der Waals surface area contributed by atoms with Crippen molar-refractivity contribution in [2.75, 3.05) is 26.4 Å². The number of rotatable bonds is 19. The molecule has 0 spiro atoms. The Kier molecular flexibility index (Phi) is 15.6. The highest BCUT2D eigenvalue weighted by atomic mass is 28.4. The lowest BCUT2D eigenvalue weighted by Crippen LogP contribution is -2.66. The molecule has 29 heavy (non-hydrogen) atoms. The lowest BCUT2D eigenvalue weighted by Gasteiger charge is -2.52. The molecule has 0 saturated heterocycles. The van der Waals surface area contributed by atoms with Crippen molar-refractivity contribution in [3.05, 3.63) is 0 Å². The van der Waals surface area contributed by atoms with Gasteiger partial charge >= 0.3 is 0 Å². The van der Waals surface area contributed by atoms with Gasteiger partial charge in [-0.15, -0.1) is 0 Å². The molecule has 176 valence electrons. The fourth-order valence-electron chi connectivity index (χ4n) is 5.42. The van der Waals surface area contributed by atoms with Gasteiger partial charge in [-0.1, -0.05) is 62.3 Å². The van der Waals surface area contributed by atoms with Crippen LogP contribution in [0.1, 0.15) is 68.7 Å². The second kappa shape index (κ2) is 15.4. The fraction of sp³-hybridized carbons (Fsp3) is 1.00. The van der Waals surface area contributed by atoms with Crippen LogP contribution in [0.3, 0.4) is 0 Å². The number of hydrogen-bond donors (Lipinski definition) is 0. The first-order valence-electron chi connectivity index (χ1n) is 12.9. The summed E-state index contributed by atoms with van der Waals surface area (Å²) in [4.78, 5) is 0. The van der Waals surface area contributed by atoms with Crippen molar-refractivity contribution in [1.29, 1.82) is 0 Å². The Labute approximate surface area is 187 Å². The first kappa shape index (κ1) is 29.5. The molecule has 0 aromatic heterocycles. The average Bonchev–Trinajstić information content (AvgIpc) is 2.78. The lowest BCUT2D eigenvalue weighted by atomic mass is 10.5. The largest absolute Gasteiger partial charge is 0.414 e. The van der Waals surface area contributed by atoms with Crippen LogP contribution in [0.25, 0.3) is 0 Å². The molecule has 0 fully saturated rings. The van der Waals surface area contributed by atoms with Crippen molar-refractivity contribution in [2.24, 2.45) is 0 Å². The van der Waals surface area contributed by atoms with Gasteiger partial charge < -0.3 is 13.4 Å². The highest BCUT2D eigenvalue weighted by Crippen LogP contribution is 2.35. The summed E-state index contributed by atoms with van der Waals surface area (Å²) in [5, 5.41) is 0. The van der Waals surface area contributed by atoms with Crippen molar-refractivity contribution in [2.45, 2.75) is 123 Å². The minimum Gasteiger partial charge on any atom is -0.414 e. The van der Waals surface area contributed by atoms with Crippen molar-refractivity contribution in [3.63, 3.8) is 0 Å². The topological polar surface area (TPSA) is 21.7 Å². The summed E-state index contributed by atoms with van der Waals surface area (Å²) in [6, 6.07) is 12.1. The van der Waals surface area contributed by atoms with Gasteiger partial charge in [0, 0.05) is 6.61 Å². The van der Waals surface area contributed by atoms with E-state index in [4.69, 9.17) is 9.16 Å². The SMILES string of the molecule is CC[Si](CC)(CC)OCCOCCCN([Si](CC)(CC)CC)[Si](CC)(CC)CC. The van der Waals surface area contributed by atoms with E-state index in [0.717, 1.165) is 19.8 Å². The molecule has 0 N–H and O–H groups in total. The van der Waals surface area contributed by atoms with E-state index in [1.54, 1.807) is 0 Å². The molecule has 0 aliphatic rings. The molecule has 0 atom stereocenters. The van der Waals surface area contributed by atoms with Crippen LogP contribution in [0.2, 0.25) is 54.4 Å². The second-order valence-electron chi connectivity index (χ2n) is 8.78. The van der Waals surface area contributed by atoms with Gasteiger partial charge in [-0.05, 0) is 67.4 Å². The van der Waals surface area contributed by atoms with E-state index in [1.165, 1.54) is 67.4 Å². The molecule has 0 aliphatic carbocycles. The van der Waals surface area contributed by atoms with Crippen LogP contribution in [-0.2, 0) is 9.16 Å². The Bertz CT molecular complexity index is 353. The van der Waals surface area contributed by atoms with Gasteiger partial charge in [0.2, 0.25) is 0 Å². The van der Waals surface area contributed by atoms with Gasteiger partial charge in [0.15, 0.2) is 8.32 Å². The van der Waals surface area contributed by atoms with E-state index >= 15 is 0 Å². The Morgan fingerprint density at radius 3 is 1.28 bits per heavy atom. The van der Waals surface area contributed by atoms with Gasteiger partial charge in [-0.2, -0.15) is 0 Å². The predicted molar refractivity (Wildman–Crippen MR) is 140 cm³/mol. The van der Waals surface area contributed by atoms with Crippen LogP contribution < -0.4 is 0 Å². The monoisotopic (exact) mass is 461 g/mol. The van der Waals surface area contributed by atoms with Gasteiger partial charge in [0.1, 0.15) is 16.5 Å². The zero-order valence-electron chi connectivity index (χ0n) is 21.7. The Hall–Kier alpha value is 0.531. The van der Waals surface area contributed by atoms with Crippen molar-refractivity contribution in [3.8, 4) is 0 Å². The van der Waals surface area contributed by atoms with E-state index in [-0.39, 0.29) is 0 Å². The maximum absolute atomic E-state index is 6.33. The van der Waals surface area contributed by atoms with Gasteiger partial charge in [-0.3, -0.25) is 0 Å². The minimum absolute atomic E-state index is 0.768. The molecule has 0 rings (SSSR count). The maximum Gasteiger partial charge on any atom is 0.192 e. The third-order valence-corrected chi connectivity index (χ3v) is 26.5. The predicted octanol–water partition coefficient (Wildman–Crippen LogP) is 7.73. The van der Waals surface area contributed by atoms with E-state index in [9.17, 15) is 0 Å². The highest BCUT2D eigenvalue weighted by molar-refractivity contribution is 6.92. The van der Waals surface area contributed by atoms with Crippen molar-refractivity contribution in [1.82, 2.24) is 4.23 Å². The van der Waals surface area contributed by atoms with E-state index in [2.05, 4.69) is 66.5 Å². The van der Waals surface area contributed by atoms with Gasteiger partial charge in [-0.25, -0.2) is 0 Å². The average molecular weight is 462 g/mol. The Morgan fingerprint density at radius 2 is 0.931 bits per heavy atom. The van der Waals surface area contributed by atoms with Gasteiger partial charge in [0.05, 0.1) is 13.2 Å². The van der Waals surface area contributed by atoms with Crippen LogP contribution in [0.4, 0.5) is 0 Å². The summed E-state index contributed by atoms with van der Waals surface area (Å²) in [6.45, 7) is 25.4. The van der Waals surface area contributed by atoms with Gasteiger partial charge in [0.25, 0.3) is 0 Å². The molecule has 0 heterocycles. The number of hydrogen-bond acceptors (Lipinski definition) is 3. The maximum atomic E-state index is 6.33. The minimum atomic E-state index is -1.46. The molecular weight excluding hydrogens is 407 g/mol. The molecule has 0 amide bonds. The Morgan fingerprint density at radius 1 is 0.517 bits per heavy atom. The molecule has 0 radical (unpaired) electrons. The molecule has 0 bridgehead atoms. The number of nitrogens with zero attached hydrogens (tertiary/aromatic N) is 1. The molecule has 0 aliphatic heterocycles. The normalized spacial score (nSPS) is 13.4.